The number of hydrogen-bond donors (Lipinski definition) is 2. The number of hydrogen-bond acceptors (Lipinski definition) is 6. The van der Waals surface area contributed by atoms with E-state index in [0.29, 0.717) is 30.4 Å². The smallest absolute Gasteiger partial charge is 0.241 e. The van der Waals surface area contributed by atoms with Gasteiger partial charge in [0.2, 0.25) is 21.8 Å². The van der Waals surface area contributed by atoms with Gasteiger partial charge >= 0.3 is 0 Å². The van der Waals surface area contributed by atoms with E-state index in [1.165, 1.54) is 43.0 Å². The van der Waals surface area contributed by atoms with Gasteiger partial charge in [-0.05, 0) is 48.9 Å². The fourth-order valence-corrected chi connectivity index (χ4v) is 4.34. The molecule has 0 aromatic heterocycles. The lowest BCUT2D eigenvalue weighted by Gasteiger charge is -2.23. The van der Waals surface area contributed by atoms with Gasteiger partial charge in [0.05, 0.1) is 10.9 Å². The quantitative estimate of drug-likeness (QED) is 0.668. The van der Waals surface area contributed by atoms with Gasteiger partial charge in [-0.3, -0.25) is 9.59 Å². The van der Waals surface area contributed by atoms with Gasteiger partial charge in [-0.15, -0.1) is 0 Å². The number of nitrogens with zero attached hydrogens (tertiary/aromatic N) is 1. The molecule has 2 aromatic rings. The number of fused-ring (bicyclic) bond motifs is 1. The summed E-state index contributed by atoms with van der Waals surface area (Å²) in [5, 5.41) is 2.57. The zero-order valence-electron chi connectivity index (χ0n) is 17.5. The molecule has 0 aliphatic carbocycles. The van der Waals surface area contributed by atoms with Crippen LogP contribution in [0.3, 0.4) is 0 Å². The molecule has 0 radical (unpaired) electrons. The summed E-state index contributed by atoms with van der Waals surface area (Å²) in [6, 6.07) is 10.2. The second kappa shape index (κ2) is 9.36. The molecular weight excluding hydrogens is 422 g/mol. The summed E-state index contributed by atoms with van der Waals surface area (Å²) in [7, 11) is -2.31. The van der Waals surface area contributed by atoms with Crippen molar-refractivity contribution < 1.29 is 27.5 Å². The van der Waals surface area contributed by atoms with Crippen molar-refractivity contribution >= 4 is 27.5 Å². The maximum absolute atomic E-state index is 12.7. The number of carbonyl (C=O) groups is 2. The second-order valence-corrected chi connectivity index (χ2v) is 8.93. The highest BCUT2D eigenvalue weighted by atomic mass is 32.2. The minimum atomic E-state index is -3.91. The van der Waals surface area contributed by atoms with Crippen molar-refractivity contribution in [2.24, 2.45) is 0 Å². The lowest BCUT2D eigenvalue weighted by molar-refractivity contribution is -0.131. The van der Waals surface area contributed by atoms with Crippen LogP contribution in [-0.4, -0.2) is 51.4 Å². The van der Waals surface area contributed by atoms with Gasteiger partial charge in [0.1, 0.15) is 13.2 Å². The van der Waals surface area contributed by atoms with Gasteiger partial charge in [0.15, 0.2) is 11.5 Å². The van der Waals surface area contributed by atoms with E-state index in [1.807, 2.05) is 12.1 Å². The molecule has 2 N–H and O–H groups in total. The third-order valence-electron chi connectivity index (χ3n) is 4.59. The fourth-order valence-electron chi connectivity index (χ4n) is 3.14. The summed E-state index contributed by atoms with van der Waals surface area (Å²) in [6.07, 6.45) is 0. The van der Waals surface area contributed by atoms with E-state index in [-0.39, 0.29) is 23.3 Å². The molecule has 3 rings (SSSR count). The first-order valence-corrected chi connectivity index (χ1v) is 11.2. The highest BCUT2D eigenvalue weighted by molar-refractivity contribution is 7.89. The Balaban J connectivity index is 1.62. The molecule has 0 saturated heterocycles. The molecule has 31 heavy (non-hydrogen) atoms. The highest BCUT2D eigenvalue weighted by Gasteiger charge is 2.25. The van der Waals surface area contributed by atoms with E-state index in [0.717, 1.165) is 5.56 Å². The number of benzene rings is 2. The van der Waals surface area contributed by atoms with Crippen molar-refractivity contribution in [1.29, 1.82) is 0 Å². The number of nitrogens with one attached hydrogen (secondary N) is 2. The Bertz CT molecular complexity index is 1070. The fraction of sp³-hybridized carbons (Fsp3) is 0.333. The Labute approximate surface area is 181 Å². The van der Waals surface area contributed by atoms with Crippen molar-refractivity contribution in [1.82, 2.24) is 9.62 Å². The van der Waals surface area contributed by atoms with E-state index in [1.54, 1.807) is 13.1 Å². The van der Waals surface area contributed by atoms with Crippen LogP contribution in [0.25, 0.3) is 0 Å². The summed E-state index contributed by atoms with van der Waals surface area (Å²) in [6.45, 7) is 4.11. The number of rotatable bonds is 7. The molecule has 0 bridgehead atoms. The van der Waals surface area contributed by atoms with Crippen molar-refractivity contribution in [2.75, 3.05) is 25.6 Å². The molecule has 10 heteroatoms. The topological polar surface area (TPSA) is 114 Å². The molecule has 1 heterocycles. The number of amides is 2. The van der Waals surface area contributed by atoms with E-state index in [4.69, 9.17) is 9.47 Å². The molecule has 0 spiro atoms. The summed E-state index contributed by atoms with van der Waals surface area (Å²) < 4.78 is 38.7. The Hall–Kier alpha value is -3.11. The molecule has 166 valence electrons. The first kappa shape index (κ1) is 22.6. The van der Waals surface area contributed by atoms with Crippen LogP contribution in [0.15, 0.2) is 47.4 Å². The summed E-state index contributed by atoms with van der Waals surface area (Å²) in [5.74, 6) is 0.651. The largest absolute Gasteiger partial charge is 0.486 e. The van der Waals surface area contributed by atoms with Crippen molar-refractivity contribution in [3.63, 3.8) is 0 Å². The predicted octanol–water partition coefficient (Wildman–Crippen LogP) is 1.74. The monoisotopic (exact) mass is 447 g/mol. The summed E-state index contributed by atoms with van der Waals surface area (Å²) in [4.78, 5) is 25.2. The van der Waals surface area contributed by atoms with Crippen LogP contribution in [0.5, 0.6) is 11.5 Å². The number of ether oxygens (including phenoxy) is 2. The van der Waals surface area contributed by atoms with Crippen LogP contribution in [0.1, 0.15) is 19.4 Å². The molecule has 1 aliphatic rings. The minimum absolute atomic E-state index is 0.00394. The summed E-state index contributed by atoms with van der Waals surface area (Å²) >= 11 is 0. The van der Waals surface area contributed by atoms with Gasteiger partial charge in [0, 0.05) is 26.2 Å². The minimum Gasteiger partial charge on any atom is -0.486 e. The number of carbonyl (C=O) groups excluding carboxylic acids is 2. The second-order valence-electron chi connectivity index (χ2n) is 7.22. The van der Waals surface area contributed by atoms with E-state index >= 15 is 0 Å². The lowest BCUT2D eigenvalue weighted by atomic mass is 10.1. The van der Waals surface area contributed by atoms with Crippen LogP contribution in [0.2, 0.25) is 0 Å². The number of likely N-dealkylation sites (N-methyl/N-ethyl adjacent to an activating group) is 1. The SMILES string of the molecule is CC(=O)Nc1ccc(S(=O)(=O)N[C@@H](C)C(=O)N(C)Cc2ccc3c(c2)OCCO3)cc1. The third-order valence-corrected chi connectivity index (χ3v) is 6.15. The van der Waals surface area contributed by atoms with E-state index < -0.39 is 16.1 Å². The third kappa shape index (κ3) is 5.74. The number of anilines is 1. The van der Waals surface area contributed by atoms with Crippen LogP contribution in [0.4, 0.5) is 5.69 Å². The van der Waals surface area contributed by atoms with E-state index in [9.17, 15) is 18.0 Å². The van der Waals surface area contributed by atoms with Crippen molar-refractivity contribution in [3.8, 4) is 11.5 Å². The van der Waals surface area contributed by atoms with Gasteiger partial charge in [-0.2, -0.15) is 4.72 Å². The van der Waals surface area contributed by atoms with E-state index in [2.05, 4.69) is 10.0 Å². The Morgan fingerprint density at radius 1 is 1.06 bits per heavy atom. The molecule has 0 saturated carbocycles. The predicted molar refractivity (Wildman–Crippen MR) is 114 cm³/mol. The van der Waals surface area contributed by atoms with Crippen molar-refractivity contribution in [2.45, 2.75) is 31.3 Å². The molecule has 2 aromatic carbocycles. The van der Waals surface area contributed by atoms with Crippen LogP contribution < -0.4 is 19.5 Å². The van der Waals surface area contributed by atoms with Crippen LogP contribution in [-0.2, 0) is 26.2 Å². The molecule has 2 amide bonds. The average Bonchev–Trinajstić information content (AvgIpc) is 2.72. The van der Waals surface area contributed by atoms with Crippen molar-refractivity contribution in [3.05, 3.63) is 48.0 Å². The van der Waals surface area contributed by atoms with Gasteiger partial charge < -0.3 is 19.7 Å². The molecular formula is C21H25N3O6S. The Morgan fingerprint density at radius 3 is 2.35 bits per heavy atom. The molecule has 1 atom stereocenters. The molecule has 0 fully saturated rings. The Kier molecular flexibility index (Phi) is 6.81. The van der Waals surface area contributed by atoms with Gasteiger partial charge in [0.25, 0.3) is 0 Å². The zero-order valence-corrected chi connectivity index (χ0v) is 18.4. The number of sulfonamides is 1. The maximum Gasteiger partial charge on any atom is 0.241 e. The van der Waals surface area contributed by atoms with Crippen LogP contribution >= 0.6 is 0 Å². The first-order valence-electron chi connectivity index (χ1n) is 9.69. The maximum atomic E-state index is 12.7. The first-order chi connectivity index (χ1) is 14.7. The molecule has 1 aliphatic heterocycles. The van der Waals surface area contributed by atoms with Gasteiger partial charge in [-0.25, -0.2) is 8.42 Å². The van der Waals surface area contributed by atoms with Crippen LogP contribution in [0, 0.1) is 0 Å². The highest BCUT2D eigenvalue weighted by Crippen LogP contribution is 2.31. The molecule has 9 nitrogen and oxygen atoms in total. The average molecular weight is 448 g/mol. The summed E-state index contributed by atoms with van der Waals surface area (Å²) in [5.41, 5.74) is 1.32. The lowest BCUT2D eigenvalue weighted by Crippen LogP contribution is -2.45. The zero-order chi connectivity index (χ0) is 22.6. The normalized spacial score (nSPS) is 13.9. The Morgan fingerprint density at radius 2 is 1.71 bits per heavy atom. The van der Waals surface area contributed by atoms with Gasteiger partial charge in [-0.1, -0.05) is 6.07 Å². The molecule has 0 unspecified atom stereocenters. The standard InChI is InChI=1S/C21H25N3O6S/c1-14(23-31(27,28)18-7-5-17(6-8-18)22-15(2)25)21(26)24(3)13-16-4-9-19-20(12-16)30-11-10-29-19/h4-9,12,14,23H,10-11,13H2,1-3H3,(H,22,25)/t14-/m0/s1.